The first-order valence-electron chi connectivity index (χ1n) is 18.9. The number of hydrogen-bond donors (Lipinski definition) is 0. The van der Waals surface area contributed by atoms with Crippen LogP contribution in [0.4, 0.5) is 0 Å². The highest BCUT2D eigenvalue weighted by Crippen LogP contribution is 2.56. The summed E-state index contributed by atoms with van der Waals surface area (Å²) in [7, 11) is 0. The van der Waals surface area contributed by atoms with E-state index in [9.17, 15) is 0 Å². The molecule has 1 heterocycles. The third-order valence-electron chi connectivity index (χ3n) is 11.9. The molecule has 10 rings (SSSR count). The summed E-state index contributed by atoms with van der Waals surface area (Å²) in [5, 5.41) is 0. The fourth-order valence-electron chi connectivity index (χ4n) is 8.90. The van der Waals surface area contributed by atoms with Gasteiger partial charge in [0.25, 0.3) is 0 Å². The normalized spacial score (nSPS) is 14.2. The molecule has 54 heavy (non-hydrogen) atoms. The van der Waals surface area contributed by atoms with Crippen LogP contribution in [0.2, 0.25) is 0 Å². The van der Waals surface area contributed by atoms with E-state index in [1.54, 1.807) is 0 Å². The van der Waals surface area contributed by atoms with Crippen LogP contribution in [0.1, 0.15) is 49.9 Å². The molecule has 8 aromatic rings. The lowest BCUT2D eigenvalue weighted by Gasteiger charge is -2.24. The number of benzene rings is 7. The Balaban J connectivity index is 0.996. The van der Waals surface area contributed by atoms with E-state index in [0.29, 0.717) is 0 Å². The van der Waals surface area contributed by atoms with Gasteiger partial charge < -0.3 is 0 Å². The van der Waals surface area contributed by atoms with Crippen molar-refractivity contribution in [3.8, 4) is 78.4 Å². The molecule has 0 bridgehead atoms. The molecule has 0 amide bonds. The Morgan fingerprint density at radius 1 is 0.296 bits per heavy atom. The Morgan fingerprint density at radius 2 is 0.741 bits per heavy atom. The Bertz CT molecular complexity index is 2680. The van der Waals surface area contributed by atoms with Crippen LogP contribution < -0.4 is 0 Å². The number of fused-ring (bicyclic) bond motifs is 6. The van der Waals surface area contributed by atoms with Crippen molar-refractivity contribution in [2.75, 3.05) is 0 Å². The molecule has 0 fully saturated rings. The van der Waals surface area contributed by atoms with Gasteiger partial charge in [0.15, 0.2) is 5.82 Å². The highest BCUT2D eigenvalue weighted by Gasteiger charge is 2.41. The minimum Gasteiger partial charge on any atom is -0.228 e. The summed E-state index contributed by atoms with van der Waals surface area (Å²) in [5.41, 5.74) is 20.8. The van der Waals surface area contributed by atoms with Crippen LogP contribution in [0.5, 0.6) is 0 Å². The van der Waals surface area contributed by atoms with E-state index in [-0.39, 0.29) is 10.8 Å². The van der Waals surface area contributed by atoms with Gasteiger partial charge >= 0.3 is 0 Å². The van der Waals surface area contributed by atoms with Crippen molar-refractivity contribution in [3.63, 3.8) is 0 Å². The smallest absolute Gasteiger partial charge is 0.160 e. The second-order valence-corrected chi connectivity index (χ2v) is 15.9. The van der Waals surface area contributed by atoms with Crippen molar-refractivity contribution >= 4 is 0 Å². The topological polar surface area (TPSA) is 25.8 Å². The molecule has 2 aliphatic carbocycles. The molecular formula is C52H40N2. The summed E-state index contributed by atoms with van der Waals surface area (Å²) in [6, 6.07) is 61.4. The van der Waals surface area contributed by atoms with Crippen molar-refractivity contribution in [1.82, 2.24) is 9.97 Å². The molecule has 0 radical (unpaired) electrons. The van der Waals surface area contributed by atoms with Gasteiger partial charge in [-0.1, -0.05) is 167 Å². The standard InChI is InChI=1S/C52H40N2/c1-51(2)44-21-12-11-20-40(44)42-30-47-43(31-46(42)51)41-29-39(26-27-45(41)52(47,3)4)38-19-13-18-37(28-38)33-22-24-35(25-23-33)49-32-48(34-14-7-5-8-15-34)53-50(54-49)36-16-9-6-10-17-36/h5-32H,1-4H3. The van der Waals surface area contributed by atoms with Crippen LogP contribution in [-0.2, 0) is 10.8 Å². The van der Waals surface area contributed by atoms with Gasteiger partial charge in [-0.25, -0.2) is 9.97 Å². The summed E-state index contributed by atoms with van der Waals surface area (Å²) in [6.45, 7) is 9.51. The second kappa shape index (κ2) is 12.1. The lowest BCUT2D eigenvalue weighted by atomic mass is 9.79. The largest absolute Gasteiger partial charge is 0.228 e. The molecule has 0 N–H and O–H groups in total. The minimum absolute atomic E-state index is 0.0306. The zero-order valence-corrected chi connectivity index (χ0v) is 31.1. The molecule has 258 valence electrons. The van der Waals surface area contributed by atoms with Gasteiger partial charge in [-0.05, 0) is 97.1 Å². The molecule has 2 nitrogen and oxygen atoms in total. The van der Waals surface area contributed by atoms with E-state index in [1.807, 2.05) is 24.3 Å². The first-order chi connectivity index (χ1) is 26.3. The third-order valence-corrected chi connectivity index (χ3v) is 11.9. The van der Waals surface area contributed by atoms with Crippen LogP contribution in [0.25, 0.3) is 78.4 Å². The maximum absolute atomic E-state index is 5.04. The van der Waals surface area contributed by atoms with Crippen LogP contribution in [0, 0.1) is 0 Å². The fraction of sp³-hybridized carbons (Fsp3) is 0.115. The molecule has 0 unspecified atom stereocenters. The lowest BCUT2D eigenvalue weighted by molar-refractivity contribution is 0.652. The number of aromatic nitrogens is 2. The van der Waals surface area contributed by atoms with Crippen molar-refractivity contribution in [2.24, 2.45) is 0 Å². The summed E-state index contributed by atoms with van der Waals surface area (Å²) < 4.78 is 0. The van der Waals surface area contributed by atoms with E-state index in [2.05, 4.69) is 173 Å². The second-order valence-electron chi connectivity index (χ2n) is 15.9. The van der Waals surface area contributed by atoms with Crippen LogP contribution in [0.3, 0.4) is 0 Å². The summed E-state index contributed by atoms with van der Waals surface area (Å²) in [4.78, 5) is 10.0. The van der Waals surface area contributed by atoms with E-state index in [4.69, 9.17) is 9.97 Å². The quantitative estimate of drug-likeness (QED) is 0.179. The molecule has 2 heteroatoms. The Morgan fingerprint density at radius 3 is 1.41 bits per heavy atom. The predicted molar refractivity (Wildman–Crippen MR) is 224 cm³/mol. The van der Waals surface area contributed by atoms with Gasteiger partial charge in [-0.15, -0.1) is 0 Å². The van der Waals surface area contributed by atoms with Gasteiger partial charge in [-0.2, -0.15) is 0 Å². The van der Waals surface area contributed by atoms with E-state index in [0.717, 1.165) is 33.9 Å². The average molecular weight is 693 g/mol. The number of rotatable bonds is 5. The average Bonchev–Trinajstić information content (AvgIpc) is 3.59. The highest BCUT2D eigenvalue weighted by molar-refractivity contribution is 5.91. The molecule has 0 spiro atoms. The molecule has 1 aromatic heterocycles. The Labute approximate surface area is 317 Å². The van der Waals surface area contributed by atoms with E-state index < -0.39 is 0 Å². The van der Waals surface area contributed by atoms with Crippen molar-refractivity contribution < 1.29 is 0 Å². The number of hydrogen-bond acceptors (Lipinski definition) is 2. The molecule has 7 aromatic carbocycles. The van der Waals surface area contributed by atoms with Gasteiger partial charge in [0.1, 0.15) is 0 Å². The predicted octanol–water partition coefficient (Wildman–Crippen LogP) is 13.4. The third kappa shape index (κ3) is 5.09. The van der Waals surface area contributed by atoms with Crippen molar-refractivity contribution in [3.05, 3.63) is 192 Å². The van der Waals surface area contributed by atoms with Crippen LogP contribution in [0.15, 0.2) is 170 Å². The lowest BCUT2D eigenvalue weighted by Crippen LogP contribution is -2.16. The minimum atomic E-state index is -0.0725. The van der Waals surface area contributed by atoms with E-state index >= 15 is 0 Å². The molecule has 0 saturated heterocycles. The van der Waals surface area contributed by atoms with Gasteiger partial charge in [-0.3, -0.25) is 0 Å². The molecule has 0 aliphatic heterocycles. The number of nitrogens with zero attached hydrogens (tertiary/aromatic N) is 2. The fourth-order valence-corrected chi connectivity index (χ4v) is 8.90. The first kappa shape index (κ1) is 32.3. The summed E-state index contributed by atoms with van der Waals surface area (Å²) in [5.74, 6) is 0.724. The first-order valence-corrected chi connectivity index (χ1v) is 18.9. The van der Waals surface area contributed by atoms with Crippen molar-refractivity contribution in [2.45, 2.75) is 38.5 Å². The van der Waals surface area contributed by atoms with Gasteiger partial charge in [0.05, 0.1) is 11.4 Å². The molecule has 0 atom stereocenters. The molecule has 0 saturated carbocycles. The Hall–Kier alpha value is -6.38. The summed E-state index contributed by atoms with van der Waals surface area (Å²) >= 11 is 0. The zero-order chi connectivity index (χ0) is 36.6. The monoisotopic (exact) mass is 692 g/mol. The maximum Gasteiger partial charge on any atom is 0.160 e. The SMILES string of the molecule is CC1(C)c2ccccc2-c2cc3c(cc21)-c1cc(-c2cccc(-c4ccc(-c5cc(-c6ccccc6)nc(-c6ccccc6)n5)cc4)c2)ccc1C3(C)C. The summed E-state index contributed by atoms with van der Waals surface area (Å²) in [6.07, 6.45) is 0. The molecular weight excluding hydrogens is 653 g/mol. The Kier molecular flexibility index (Phi) is 7.22. The van der Waals surface area contributed by atoms with Gasteiger partial charge in [0, 0.05) is 27.5 Å². The van der Waals surface area contributed by atoms with Crippen LogP contribution in [-0.4, -0.2) is 9.97 Å². The van der Waals surface area contributed by atoms with Crippen LogP contribution >= 0.6 is 0 Å². The van der Waals surface area contributed by atoms with E-state index in [1.165, 1.54) is 66.8 Å². The maximum atomic E-state index is 5.04. The zero-order valence-electron chi connectivity index (χ0n) is 31.1. The highest BCUT2D eigenvalue weighted by atomic mass is 14.9. The van der Waals surface area contributed by atoms with Gasteiger partial charge in [0.2, 0.25) is 0 Å². The molecule has 2 aliphatic rings. The van der Waals surface area contributed by atoms with Crippen molar-refractivity contribution in [1.29, 1.82) is 0 Å².